The van der Waals surface area contributed by atoms with Crippen LogP contribution in [-0.4, -0.2) is 52.5 Å². The number of piperidine rings is 1. The number of amides is 1. The van der Waals surface area contributed by atoms with Gasteiger partial charge in [-0.1, -0.05) is 12.1 Å². The zero-order valence-corrected chi connectivity index (χ0v) is 14.3. The molecule has 1 amide bonds. The van der Waals surface area contributed by atoms with Crippen molar-refractivity contribution in [1.29, 1.82) is 0 Å². The molecule has 1 aromatic rings. The third kappa shape index (κ3) is 4.63. The lowest BCUT2D eigenvalue weighted by Gasteiger charge is -2.31. The predicted molar refractivity (Wildman–Crippen MR) is 90.4 cm³/mol. The van der Waals surface area contributed by atoms with E-state index in [0.29, 0.717) is 6.04 Å². The van der Waals surface area contributed by atoms with Gasteiger partial charge in [0.25, 0.3) is 0 Å². The fourth-order valence-corrected chi connectivity index (χ4v) is 3.29. The van der Waals surface area contributed by atoms with Gasteiger partial charge in [0.15, 0.2) is 0 Å². The van der Waals surface area contributed by atoms with Crippen LogP contribution in [0.4, 0.5) is 0 Å². The largest absolute Gasteiger partial charge is 0.338 e. The molecule has 0 aromatic heterocycles. The molecule has 1 aromatic carbocycles. The first-order chi connectivity index (χ1) is 11.0. The molecule has 1 fully saturated rings. The van der Waals surface area contributed by atoms with Crippen LogP contribution in [0, 0.1) is 0 Å². The molecule has 126 valence electrons. The number of benzene rings is 1. The van der Waals surface area contributed by atoms with Gasteiger partial charge in [0.1, 0.15) is 0 Å². The number of likely N-dealkylation sites (tertiary alicyclic amines) is 1. The summed E-state index contributed by atoms with van der Waals surface area (Å²) < 4.78 is 25.6. The molecule has 1 aliphatic rings. The Labute approximate surface area is 137 Å². The fourth-order valence-electron chi connectivity index (χ4n) is 2.56. The van der Waals surface area contributed by atoms with Crippen LogP contribution in [0.25, 0.3) is 6.08 Å². The summed E-state index contributed by atoms with van der Waals surface area (Å²) in [6, 6.07) is 6.76. The van der Waals surface area contributed by atoms with Crippen molar-refractivity contribution in [3.8, 4) is 0 Å². The summed E-state index contributed by atoms with van der Waals surface area (Å²) in [6.07, 6.45) is 5.34. The second kappa shape index (κ2) is 7.72. The average Bonchev–Trinajstić information content (AvgIpc) is 2.60. The molecule has 1 aliphatic heterocycles. The van der Waals surface area contributed by atoms with Crippen LogP contribution in [0.3, 0.4) is 0 Å². The minimum absolute atomic E-state index is 0.0168. The molecular weight excluding hydrogens is 314 g/mol. The second-order valence-electron chi connectivity index (χ2n) is 5.52. The van der Waals surface area contributed by atoms with E-state index in [0.717, 1.165) is 31.5 Å². The molecule has 0 spiro atoms. The van der Waals surface area contributed by atoms with Crippen molar-refractivity contribution in [1.82, 2.24) is 14.9 Å². The first-order valence-electron chi connectivity index (χ1n) is 7.64. The van der Waals surface area contributed by atoms with E-state index in [4.69, 9.17) is 0 Å². The topological polar surface area (TPSA) is 78.5 Å². The Morgan fingerprint density at radius 3 is 2.57 bits per heavy atom. The molecule has 23 heavy (non-hydrogen) atoms. The minimum Gasteiger partial charge on any atom is -0.338 e. The standard InChI is InChI=1S/C16H23N3O3S/c1-17-14-4-3-11-19(12-14)16(20)10-7-13-5-8-15(9-6-13)23(21,22)18-2/h5-10,14,17-18H,3-4,11-12H2,1-2H3. The molecule has 1 saturated heterocycles. The lowest BCUT2D eigenvalue weighted by molar-refractivity contribution is -0.127. The quantitative estimate of drug-likeness (QED) is 0.780. The number of nitrogens with zero attached hydrogens (tertiary/aromatic N) is 1. The summed E-state index contributed by atoms with van der Waals surface area (Å²) in [4.78, 5) is 14.3. The Morgan fingerprint density at radius 1 is 1.26 bits per heavy atom. The van der Waals surface area contributed by atoms with Crippen molar-refractivity contribution in [2.24, 2.45) is 0 Å². The van der Waals surface area contributed by atoms with Crippen molar-refractivity contribution in [3.63, 3.8) is 0 Å². The average molecular weight is 337 g/mol. The summed E-state index contributed by atoms with van der Waals surface area (Å²) in [5.41, 5.74) is 0.788. The lowest BCUT2D eigenvalue weighted by Crippen LogP contribution is -2.46. The van der Waals surface area contributed by atoms with Gasteiger partial charge in [-0.3, -0.25) is 4.79 Å². The third-order valence-corrected chi connectivity index (χ3v) is 5.45. The van der Waals surface area contributed by atoms with E-state index in [9.17, 15) is 13.2 Å². The molecular formula is C16H23N3O3S. The zero-order valence-electron chi connectivity index (χ0n) is 13.5. The second-order valence-corrected chi connectivity index (χ2v) is 7.41. The van der Waals surface area contributed by atoms with Crippen LogP contribution in [0.2, 0.25) is 0 Å². The highest BCUT2D eigenvalue weighted by atomic mass is 32.2. The molecule has 0 radical (unpaired) electrons. The van der Waals surface area contributed by atoms with E-state index in [1.165, 1.54) is 19.2 Å². The monoisotopic (exact) mass is 337 g/mol. The maximum Gasteiger partial charge on any atom is 0.246 e. The Bertz CT molecular complexity index is 668. The highest BCUT2D eigenvalue weighted by Crippen LogP contribution is 2.13. The van der Waals surface area contributed by atoms with Crippen LogP contribution in [0.1, 0.15) is 18.4 Å². The summed E-state index contributed by atoms with van der Waals surface area (Å²) in [5, 5.41) is 3.21. The first-order valence-corrected chi connectivity index (χ1v) is 9.12. The van der Waals surface area contributed by atoms with Gasteiger partial charge in [-0.2, -0.15) is 0 Å². The molecule has 2 rings (SSSR count). The Hall–Kier alpha value is -1.70. The van der Waals surface area contributed by atoms with Crippen LogP contribution in [-0.2, 0) is 14.8 Å². The fraction of sp³-hybridized carbons (Fsp3) is 0.438. The zero-order chi connectivity index (χ0) is 16.9. The first kappa shape index (κ1) is 17.7. The Kier molecular flexibility index (Phi) is 5.92. The summed E-state index contributed by atoms with van der Waals surface area (Å²) in [6.45, 7) is 1.50. The highest BCUT2D eigenvalue weighted by Gasteiger charge is 2.20. The molecule has 1 unspecified atom stereocenters. The van der Waals surface area contributed by atoms with Crippen molar-refractivity contribution in [2.45, 2.75) is 23.8 Å². The van der Waals surface area contributed by atoms with Gasteiger partial charge >= 0.3 is 0 Å². The molecule has 0 aliphatic carbocycles. The lowest BCUT2D eigenvalue weighted by atomic mass is 10.1. The number of hydrogen-bond donors (Lipinski definition) is 2. The van der Waals surface area contributed by atoms with Gasteiger partial charge in [0.05, 0.1) is 4.90 Å². The maximum absolute atomic E-state index is 12.2. The van der Waals surface area contributed by atoms with E-state index in [1.54, 1.807) is 24.3 Å². The molecule has 0 bridgehead atoms. The normalized spacial score (nSPS) is 19.2. The SMILES string of the molecule is CNC1CCCN(C(=O)C=Cc2ccc(S(=O)(=O)NC)cc2)C1. The smallest absolute Gasteiger partial charge is 0.246 e. The van der Waals surface area contributed by atoms with Gasteiger partial charge in [-0.25, -0.2) is 13.1 Å². The number of rotatable bonds is 5. The van der Waals surface area contributed by atoms with Gasteiger partial charge < -0.3 is 10.2 Å². The molecule has 7 heteroatoms. The molecule has 0 saturated carbocycles. The summed E-state index contributed by atoms with van der Waals surface area (Å²) >= 11 is 0. The minimum atomic E-state index is -3.43. The van der Waals surface area contributed by atoms with E-state index >= 15 is 0 Å². The van der Waals surface area contributed by atoms with E-state index in [2.05, 4.69) is 10.0 Å². The number of sulfonamides is 1. The predicted octanol–water partition coefficient (Wildman–Crippen LogP) is 0.818. The Balaban J connectivity index is 2.01. The summed E-state index contributed by atoms with van der Waals surface area (Å²) in [7, 11) is -0.143. The van der Waals surface area contributed by atoms with Crippen molar-refractivity contribution < 1.29 is 13.2 Å². The molecule has 2 N–H and O–H groups in total. The van der Waals surface area contributed by atoms with Crippen LogP contribution < -0.4 is 10.0 Å². The third-order valence-electron chi connectivity index (χ3n) is 4.02. The van der Waals surface area contributed by atoms with E-state index in [1.807, 2.05) is 11.9 Å². The van der Waals surface area contributed by atoms with Gasteiger partial charge in [-0.05, 0) is 50.7 Å². The van der Waals surface area contributed by atoms with Crippen LogP contribution in [0.5, 0.6) is 0 Å². The van der Waals surface area contributed by atoms with Gasteiger partial charge in [-0.15, -0.1) is 0 Å². The van der Waals surface area contributed by atoms with Crippen molar-refractivity contribution in [2.75, 3.05) is 27.2 Å². The molecule has 1 heterocycles. The van der Waals surface area contributed by atoms with E-state index < -0.39 is 10.0 Å². The number of likely N-dealkylation sites (N-methyl/N-ethyl adjacent to an activating group) is 1. The van der Waals surface area contributed by atoms with Crippen molar-refractivity contribution >= 4 is 22.0 Å². The van der Waals surface area contributed by atoms with Gasteiger partial charge in [0.2, 0.25) is 15.9 Å². The van der Waals surface area contributed by atoms with Crippen LogP contribution >= 0.6 is 0 Å². The Morgan fingerprint density at radius 2 is 1.96 bits per heavy atom. The van der Waals surface area contributed by atoms with E-state index in [-0.39, 0.29) is 10.8 Å². The number of hydrogen-bond acceptors (Lipinski definition) is 4. The molecule has 1 atom stereocenters. The van der Waals surface area contributed by atoms with Crippen molar-refractivity contribution in [3.05, 3.63) is 35.9 Å². The maximum atomic E-state index is 12.2. The van der Waals surface area contributed by atoms with Crippen LogP contribution in [0.15, 0.2) is 35.2 Å². The van der Waals surface area contributed by atoms with Gasteiger partial charge in [0, 0.05) is 25.2 Å². The number of nitrogens with one attached hydrogen (secondary N) is 2. The number of carbonyl (C=O) groups excluding carboxylic acids is 1. The number of carbonyl (C=O) groups is 1. The highest BCUT2D eigenvalue weighted by molar-refractivity contribution is 7.89. The molecule has 6 nitrogen and oxygen atoms in total. The summed E-state index contributed by atoms with van der Waals surface area (Å²) in [5.74, 6) is -0.0168.